The number of carbonyl (C=O) groups is 3. The number of nitrogens with one attached hydrogen (secondary N) is 1. The van der Waals surface area contributed by atoms with Gasteiger partial charge < -0.3 is 16.2 Å². The monoisotopic (exact) mass is 268 g/mol. The number of carbonyl (C=O) groups excluding carboxylic acids is 2. The summed E-state index contributed by atoms with van der Waals surface area (Å²) in [6.45, 7) is 0. The zero-order valence-electron chi connectivity index (χ0n) is 9.93. The number of aliphatic carboxylic acids is 1. The molecule has 0 spiro atoms. The molecule has 1 aromatic rings. The van der Waals surface area contributed by atoms with Crippen molar-refractivity contribution in [2.24, 2.45) is 5.73 Å². The van der Waals surface area contributed by atoms with Crippen LogP contribution in [0.25, 0.3) is 0 Å². The summed E-state index contributed by atoms with van der Waals surface area (Å²) in [6.07, 6.45) is -0.286. The van der Waals surface area contributed by atoms with Gasteiger partial charge in [-0.2, -0.15) is 0 Å². The topological polar surface area (TPSA) is 109 Å². The van der Waals surface area contributed by atoms with Crippen LogP contribution < -0.4 is 11.1 Å². The number of primary amides is 1. The van der Waals surface area contributed by atoms with Gasteiger partial charge in [0.25, 0.3) is 5.91 Å². The fraction of sp³-hybridized carbons (Fsp3) is 0.250. The molecule has 0 radical (unpaired) electrons. The van der Waals surface area contributed by atoms with Crippen LogP contribution in [0.5, 0.6) is 0 Å². The molecular formula is C12H13FN2O4. The third kappa shape index (κ3) is 4.74. The first kappa shape index (κ1) is 14.6. The van der Waals surface area contributed by atoms with Crippen molar-refractivity contribution >= 4 is 17.8 Å². The number of benzene rings is 1. The maximum absolute atomic E-state index is 12.9. The molecule has 0 fully saturated rings. The van der Waals surface area contributed by atoms with Crippen molar-refractivity contribution in [1.29, 1.82) is 0 Å². The quantitative estimate of drug-likeness (QED) is 0.688. The molecule has 1 atom stereocenters. The average molecular weight is 268 g/mol. The summed E-state index contributed by atoms with van der Waals surface area (Å²) in [4.78, 5) is 33.2. The first-order chi connectivity index (χ1) is 8.90. The van der Waals surface area contributed by atoms with Gasteiger partial charge in [0.05, 0.1) is 0 Å². The van der Waals surface area contributed by atoms with E-state index >= 15 is 0 Å². The minimum Gasteiger partial charge on any atom is -0.480 e. The average Bonchev–Trinajstić information content (AvgIpc) is 2.33. The van der Waals surface area contributed by atoms with Crippen LogP contribution in [0.4, 0.5) is 4.39 Å². The van der Waals surface area contributed by atoms with Gasteiger partial charge in [-0.1, -0.05) is 6.07 Å². The molecule has 7 heteroatoms. The van der Waals surface area contributed by atoms with Gasteiger partial charge >= 0.3 is 5.97 Å². The molecule has 4 N–H and O–H groups in total. The first-order valence-electron chi connectivity index (χ1n) is 5.47. The third-order valence-electron chi connectivity index (χ3n) is 2.37. The van der Waals surface area contributed by atoms with Crippen LogP contribution in [0.1, 0.15) is 23.2 Å². The van der Waals surface area contributed by atoms with E-state index in [9.17, 15) is 18.8 Å². The highest BCUT2D eigenvalue weighted by Crippen LogP contribution is 2.05. The summed E-state index contributed by atoms with van der Waals surface area (Å²) in [5.41, 5.74) is 4.91. The van der Waals surface area contributed by atoms with E-state index < -0.39 is 29.6 Å². The number of carboxylic acid groups (broad SMARTS) is 1. The van der Waals surface area contributed by atoms with Crippen molar-refractivity contribution in [3.05, 3.63) is 35.6 Å². The molecule has 1 aromatic carbocycles. The van der Waals surface area contributed by atoms with Gasteiger partial charge in [-0.15, -0.1) is 0 Å². The van der Waals surface area contributed by atoms with E-state index in [0.717, 1.165) is 6.07 Å². The molecule has 0 aliphatic rings. The molecule has 6 nitrogen and oxygen atoms in total. The molecule has 0 bridgehead atoms. The van der Waals surface area contributed by atoms with Crippen LogP contribution in [0.2, 0.25) is 0 Å². The SMILES string of the molecule is NC(=O)CC[C@@H](NC(=O)c1cccc(F)c1)C(=O)O. The molecule has 1 rings (SSSR count). The van der Waals surface area contributed by atoms with Crippen molar-refractivity contribution in [1.82, 2.24) is 5.32 Å². The molecule has 0 heterocycles. The van der Waals surface area contributed by atoms with Crippen LogP contribution in [0.3, 0.4) is 0 Å². The lowest BCUT2D eigenvalue weighted by atomic mass is 10.1. The summed E-state index contributed by atoms with van der Waals surface area (Å²) in [7, 11) is 0. The first-order valence-corrected chi connectivity index (χ1v) is 5.47. The number of hydrogen-bond donors (Lipinski definition) is 3. The summed E-state index contributed by atoms with van der Waals surface area (Å²) in [6, 6.07) is 3.60. The van der Waals surface area contributed by atoms with Crippen LogP contribution in [0.15, 0.2) is 24.3 Å². The fourth-order valence-corrected chi connectivity index (χ4v) is 1.42. The zero-order valence-corrected chi connectivity index (χ0v) is 9.93. The molecule has 0 aromatic heterocycles. The van der Waals surface area contributed by atoms with E-state index in [0.29, 0.717) is 0 Å². The van der Waals surface area contributed by atoms with Gasteiger partial charge in [-0.25, -0.2) is 9.18 Å². The Morgan fingerprint density at radius 1 is 1.37 bits per heavy atom. The third-order valence-corrected chi connectivity index (χ3v) is 2.37. The number of hydrogen-bond acceptors (Lipinski definition) is 3. The molecule has 19 heavy (non-hydrogen) atoms. The molecular weight excluding hydrogens is 255 g/mol. The second-order valence-electron chi connectivity index (χ2n) is 3.88. The Morgan fingerprint density at radius 2 is 2.05 bits per heavy atom. The van der Waals surface area contributed by atoms with E-state index in [-0.39, 0.29) is 18.4 Å². The van der Waals surface area contributed by atoms with E-state index in [2.05, 4.69) is 5.32 Å². The maximum Gasteiger partial charge on any atom is 0.326 e. The Morgan fingerprint density at radius 3 is 2.58 bits per heavy atom. The van der Waals surface area contributed by atoms with Crippen molar-refractivity contribution < 1.29 is 23.9 Å². The number of carboxylic acids is 1. The zero-order chi connectivity index (χ0) is 14.4. The minimum atomic E-state index is -1.29. The highest BCUT2D eigenvalue weighted by molar-refractivity contribution is 5.96. The van der Waals surface area contributed by atoms with Crippen molar-refractivity contribution in [3.63, 3.8) is 0 Å². The van der Waals surface area contributed by atoms with E-state index in [1.807, 2.05) is 0 Å². The predicted octanol–water partition coefficient (Wildman–Crippen LogP) is 0.274. The van der Waals surface area contributed by atoms with E-state index in [1.54, 1.807) is 0 Å². The Labute approximate surface area is 108 Å². The molecule has 0 saturated heterocycles. The van der Waals surface area contributed by atoms with Gasteiger partial charge in [-0.05, 0) is 24.6 Å². The number of nitrogens with two attached hydrogens (primary N) is 1. The van der Waals surface area contributed by atoms with Crippen LogP contribution >= 0.6 is 0 Å². The lowest BCUT2D eigenvalue weighted by Crippen LogP contribution is -2.41. The standard InChI is InChI=1S/C12H13FN2O4/c13-8-3-1-2-7(6-8)11(17)15-9(12(18)19)4-5-10(14)16/h1-3,6,9H,4-5H2,(H2,14,16)(H,15,17)(H,18,19)/t9-/m1/s1. The largest absolute Gasteiger partial charge is 0.480 e. The highest BCUT2D eigenvalue weighted by atomic mass is 19.1. The summed E-state index contributed by atoms with van der Waals surface area (Å²) >= 11 is 0. The smallest absolute Gasteiger partial charge is 0.326 e. The number of rotatable bonds is 6. The predicted molar refractivity (Wildman–Crippen MR) is 63.7 cm³/mol. The molecule has 0 aliphatic carbocycles. The number of amides is 2. The normalized spacial score (nSPS) is 11.6. The summed E-state index contributed by atoms with van der Waals surface area (Å²) in [5, 5.41) is 11.1. The van der Waals surface area contributed by atoms with Gasteiger partial charge in [0.2, 0.25) is 5.91 Å². The van der Waals surface area contributed by atoms with Crippen LogP contribution in [-0.4, -0.2) is 28.9 Å². The van der Waals surface area contributed by atoms with E-state index in [4.69, 9.17) is 10.8 Å². The number of halogens is 1. The second kappa shape index (κ2) is 6.48. The summed E-state index contributed by atoms with van der Waals surface area (Å²) < 4.78 is 12.9. The Hall–Kier alpha value is -2.44. The lowest BCUT2D eigenvalue weighted by molar-refractivity contribution is -0.139. The highest BCUT2D eigenvalue weighted by Gasteiger charge is 2.21. The summed E-state index contributed by atoms with van der Waals surface area (Å²) in [5.74, 6) is -3.27. The van der Waals surface area contributed by atoms with Crippen molar-refractivity contribution in [2.45, 2.75) is 18.9 Å². The molecule has 2 amide bonds. The lowest BCUT2D eigenvalue weighted by Gasteiger charge is -2.13. The fourth-order valence-electron chi connectivity index (χ4n) is 1.42. The second-order valence-corrected chi connectivity index (χ2v) is 3.88. The van der Waals surface area contributed by atoms with Gasteiger partial charge in [0.1, 0.15) is 11.9 Å². The minimum absolute atomic E-state index is 0.00493. The molecule has 0 aliphatic heterocycles. The Balaban J connectivity index is 2.71. The van der Waals surface area contributed by atoms with E-state index in [1.165, 1.54) is 18.2 Å². The van der Waals surface area contributed by atoms with Crippen molar-refractivity contribution in [2.75, 3.05) is 0 Å². The van der Waals surface area contributed by atoms with Crippen LogP contribution in [0, 0.1) is 5.82 Å². The van der Waals surface area contributed by atoms with Gasteiger partial charge in [-0.3, -0.25) is 9.59 Å². The molecule has 102 valence electrons. The van der Waals surface area contributed by atoms with Gasteiger partial charge in [0.15, 0.2) is 0 Å². The molecule has 0 saturated carbocycles. The molecule has 0 unspecified atom stereocenters. The van der Waals surface area contributed by atoms with Gasteiger partial charge in [0, 0.05) is 12.0 Å². The maximum atomic E-state index is 12.9. The van der Waals surface area contributed by atoms with Crippen molar-refractivity contribution in [3.8, 4) is 0 Å². The Kier molecular flexibility index (Phi) is 4.99. The van der Waals surface area contributed by atoms with Crippen LogP contribution in [-0.2, 0) is 9.59 Å². The Bertz CT molecular complexity index is 504.